The van der Waals surface area contributed by atoms with Crippen molar-refractivity contribution < 1.29 is 23.9 Å². The molecule has 2 aromatic carbocycles. The van der Waals surface area contributed by atoms with E-state index in [1.165, 1.54) is 0 Å². The van der Waals surface area contributed by atoms with E-state index < -0.39 is 32.1 Å². The minimum absolute atomic E-state index is 0.145. The van der Waals surface area contributed by atoms with Gasteiger partial charge in [-0.3, -0.25) is 4.79 Å². The van der Waals surface area contributed by atoms with E-state index in [1.54, 1.807) is 0 Å². The van der Waals surface area contributed by atoms with Gasteiger partial charge >= 0.3 is 11.9 Å². The van der Waals surface area contributed by atoms with E-state index in [0.29, 0.717) is 6.42 Å². The summed E-state index contributed by atoms with van der Waals surface area (Å²) in [6.07, 6.45) is 3.54. The summed E-state index contributed by atoms with van der Waals surface area (Å²) < 4.78 is 12.0. The fourth-order valence-electron chi connectivity index (χ4n) is 5.02. The number of allylic oxidation sites excluding steroid dienone is 1. The number of benzene rings is 2. The van der Waals surface area contributed by atoms with E-state index in [0.717, 1.165) is 22.2 Å². The van der Waals surface area contributed by atoms with Crippen molar-refractivity contribution in [1.29, 1.82) is 0 Å². The van der Waals surface area contributed by atoms with Crippen molar-refractivity contribution in [2.24, 2.45) is 11.8 Å². The molecule has 0 fully saturated rings. The summed E-state index contributed by atoms with van der Waals surface area (Å²) in [6, 6.07) is 20.6. The van der Waals surface area contributed by atoms with Crippen LogP contribution >= 0.6 is 0 Å². The highest BCUT2D eigenvalue weighted by Gasteiger charge is 2.51. The Morgan fingerprint density at radius 2 is 1.62 bits per heavy atom. The van der Waals surface area contributed by atoms with Crippen molar-refractivity contribution in [2.75, 3.05) is 6.61 Å². The molecule has 2 atom stereocenters. The molecular weight excluding hydrogens is 420 g/mol. The molecule has 0 radical (unpaired) electrons. The largest absolute Gasteiger partial charge is 0.478 e. The van der Waals surface area contributed by atoms with Crippen LogP contribution in [0.3, 0.4) is 0 Å². The van der Waals surface area contributed by atoms with Crippen molar-refractivity contribution >= 4 is 30.6 Å². The summed E-state index contributed by atoms with van der Waals surface area (Å²) in [4.78, 5) is 24.2. The summed E-state index contributed by atoms with van der Waals surface area (Å²) in [5.74, 6) is -2.46. The lowest BCUT2D eigenvalue weighted by molar-refractivity contribution is -0.145. The molecule has 1 aliphatic heterocycles. The third-order valence-electron chi connectivity index (χ3n) is 6.51. The number of esters is 1. The van der Waals surface area contributed by atoms with Crippen LogP contribution in [-0.4, -0.2) is 32.0 Å². The molecule has 0 bridgehead atoms. The minimum Gasteiger partial charge on any atom is -0.478 e. The number of aliphatic carboxylic acids is 1. The van der Waals surface area contributed by atoms with Crippen molar-refractivity contribution in [3.05, 3.63) is 84.1 Å². The standard InChI is InChI=1S/C26H28O5Si/c1-26(2,3)32(19-10-6-4-7-11-19,20-12-8-5-9-13-20)31-16-18-14-15-21-22(24(27)28)17-30-25(29)23(18)21/h4-14,17,21,23H,15-16H2,1-3H3,(H,27,28)/t21?,23-/m1/s1. The number of ether oxygens (including phenoxy) is 1. The smallest absolute Gasteiger partial charge is 0.335 e. The first-order valence-corrected chi connectivity index (χ1v) is 12.7. The predicted molar refractivity (Wildman–Crippen MR) is 125 cm³/mol. The molecule has 0 saturated heterocycles. The highest BCUT2D eigenvalue weighted by atomic mass is 28.4. The second-order valence-corrected chi connectivity index (χ2v) is 13.7. The molecule has 2 aliphatic rings. The Kier molecular flexibility index (Phi) is 5.92. The molecule has 6 heteroatoms. The summed E-state index contributed by atoms with van der Waals surface area (Å²) in [5.41, 5.74) is 0.950. The molecule has 2 aromatic rings. The minimum atomic E-state index is -2.76. The van der Waals surface area contributed by atoms with Crippen LogP contribution in [-0.2, 0) is 18.8 Å². The Bertz CT molecular complexity index is 1030. The van der Waals surface area contributed by atoms with Crippen LogP contribution in [0.2, 0.25) is 5.04 Å². The van der Waals surface area contributed by atoms with Crippen LogP contribution in [0.15, 0.2) is 84.1 Å². The zero-order valence-corrected chi connectivity index (χ0v) is 19.6. The average molecular weight is 449 g/mol. The average Bonchev–Trinajstić information content (AvgIpc) is 3.20. The molecule has 4 rings (SSSR count). The van der Waals surface area contributed by atoms with Gasteiger partial charge in [0.2, 0.25) is 0 Å². The lowest BCUT2D eigenvalue weighted by Gasteiger charge is -2.43. The van der Waals surface area contributed by atoms with Crippen LogP contribution in [0.1, 0.15) is 27.2 Å². The van der Waals surface area contributed by atoms with Gasteiger partial charge in [0.15, 0.2) is 0 Å². The lowest BCUT2D eigenvalue weighted by Crippen LogP contribution is -2.66. The molecular formula is C26H28O5Si. The molecule has 1 unspecified atom stereocenters. The fourth-order valence-corrected chi connectivity index (χ4v) is 9.55. The van der Waals surface area contributed by atoms with Crippen LogP contribution in [0.25, 0.3) is 0 Å². The van der Waals surface area contributed by atoms with E-state index in [4.69, 9.17) is 9.16 Å². The van der Waals surface area contributed by atoms with Crippen LogP contribution < -0.4 is 10.4 Å². The summed E-state index contributed by atoms with van der Waals surface area (Å²) >= 11 is 0. The van der Waals surface area contributed by atoms with Crippen molar-refractivity contribution in [3.8, 4) is 0 Å². The number of carboxylic acids is 1. The maximum atomic E-state index is 12.6. The molecule has 166 valence electrons. The number of carbonyl (C=O) groups is 2. The first kappa shape index (κ1) is 22.2. The summed E-state index contributed by atoms with van der Waals surface area (Å²) in [6.45, 7) is 6.86. The van der Waals surface area contributed by atoms with Crippen LogP contribution in [0.5, 0.6) is 0 Å². The molecule has 1 aliphatic carbocycles. The zero-order chi connectivity index (χ0) is 22.9. The third-order valence-corrected chi connectivity index (χ3v) is 11.5. The highest BCUT2D eigenvalue weighted by molar-refractivity contribution is 6.99. The molecule has 0 aromatic heterocycles. The number of cyclic esters (lactones) is 1. The van der Waals surface area contributed by atoms with Gasteiger partial charge in [-0.15, -0.1) is 0 Å². The normalized spacial score (nSPS) is 20.8. The summed E-state index contributed by atoms with van der Waals surface area (Å²) in [7, 11) is -2.76. The highest BCUT2D eigenvalue weighted by Crippen LogP contribution is 2.42. The lowest BCUT2D eigenvalue weighted by atomic mass is 9.84. The molecule has 5 nitrogen and oxygen atoms in total. The maximum Gasteiger partial charge on any atom is 0.335 e. The maximum absolute atomic E-state index is 12.6. The Balaban J connectivity index is 1.72. The predicted octanol–water partition coefficient (Wildman–Crippen LogP) is 3.65. The second kappa shape index (κ2) is 8.52. The molecule has 1 heterocycles. The number of fused-ring (bicyclic) bond motifs is 1. The van der Waals surface area contributed by atoms with E-state index in [1.807, 2.05) is 42.5 Å². The van der Waals surface area contributed by atoms with Crippen LogP contribution in [0.4, 0.5) is 0 Å². The van der Waals surface area contributed by atoms with Gasteiger partial charge in [0.1, 0.15) is 6.26 Å². The third kappa shape index (κ3) is 3.74. The van der Waals surface area contributed by atoms with E-state index in [9.17, 15) is 14.7 Å². The molecule has 0 amide bonds. The Morgan fingerprint density at radius 1 is 1.06 bits per heavy atom. The number of carboxylic acid groups (broad SMARTS) is 1. The first-order valence-electron chi connectivity index (χ1n) is 10.8. The Morgan fingerprint density at radius 3 is 2.12 bits per heavy atom. The van der Waals surface area contributed by atoms with Crippen LogP contribution in [0, 0.1) is 11.8 Å². The molecule has 32 heavy (non-hydrogen) atoms. The summed E-state index contributed by atoms with van der Waals surface area (Å²) in [5, 5.41) is 11.6. The Hall–Kier alpha value is -2.96. The fraction of sp³-hybridized carbons (Fsp3) is 0.308. The molecule has 0 spiro atoms. The zero-order valence-electron chi connectivity index (χ0n) is 18.6. The molecule has 0 saturated carbocycles. The van der Waals surface area contributed by atoms with Gasteiger partial charge in [-0.05, 0) is 27.4 Å². The number of carbonyl (C=O) groups excluding carboxylic acids is 1. The SMILES string of the molecule is CC(C)(C)[Si](OCC1=CCC2C(C(=O)O)=COC(=O)[C@H]12)(c1ccccc1)c1ccccc1. The van der Waals surface area contributed by atoms with Crippen molar-refractivity contribution in [2.45, 2.75) is 32.2 Å². The number of hydrogen-bond donors (Lipinski definition) is 1. The number of rotatable bonds is 6. The topological polar surface area (TPSA) is 72.8 Å². The number of hydrogen-bond acceptors (Lipinski definition) is 4. The second-order valence-electron chi connectivity index (χ2n) is 9.37. The van der Waals surface area contributed by atoms with E-state index in [-0.39, 0.29) is 17.2 Å². The monoisotopic (exact) mass is 448 g/mol. The molecule has 1 N–H and O–H groups in total. The quantitative estimate of drug-likeness (QED) is 0.415. The Labute approximate surface area is 189 Å². The van der Waals surface area contributed by atoms with Gasteiger partial charge in [-0.1, -0.05) is 87.5 Å². The first-order chi connectivity index (χ1) is 15.3. The van der Waals surface area contributed by atoms with Gasteiger partial charge in [0.25, 0.3) is 8.32 Å². The van der Waals surface area contributed by atoms with Gasteiger partial charge in [-0.25, -0.2) is 4.79 Å². The van der Waals surface area contributed by atoms with E-state index in [2.05, 4.69) is 45.0 Å². The van der Waals surface area contributed by atoms with Crippen molar-refractivity contribution in [1.82, 2.24) is 0 Å². The van der Waals surface area contributed by atoms with Gasteiger partial charge in [-0.2, -0.15) is 0 Å². The van der Waals surface area contributed by atoms with E-state index >= 15 is 0 Å². The van der Waals surface area contributed by atoms with Gasteiger partial charge < -0.3 is 14.3 Å². The van der Waals surface area contributed by atoms with Crippen molar-refractivity contribution in [3.63, 3.8) is 0 Å². The van der Waals surface area contributed by atoms with Gasteiger partial charge in [0.05, 0.1) is 18.1 Å². The van der Waals surface area contributed by atoms with Gasteiger partial charge in [0, 0.05) is 5.92 Å².